The van der Waals surface area contributed by atoms with E-state index in [0.29, 0.717) is 16.1 Å². The highest BCUT2D eigenvalue weighted by atomic mass is 32.2. The van der Waals surface area contributed by atoms with Crippen LogP contribution in [0.5, 0.6) is 0 Å². The number of anilines is 1. The Bertz CT molecular complexity index is 1060. The molecule has 2 heterocycles. The van der Waals surface area contributed by atoms with Crippen molar-refractivity contribution in [3.05, 3.63) is 34.8 Å². The molecule has 3 rings (SSSR count). The van der Waals surface area contributed by atoms with Crippen LogP contribution in [0.1, 0.15) is 29.2 Å². The number of amides is 1. The van der Waals surface area contributed by atoms with Gasteiger partial charge in [-0.05, 0) is 50.5 Å². The summed E-state index contributed by atoms with van der Waals surface area (Å²) in [6, 6.07) is 6.12. The van der Waals surface area contributed by atoms with Crippen LogP contribution in [0.4, 0.5) is 6.01 Å². The van der Waals surface area contributed by atoms with Crippen LogP contribution in [-0.2, 0) is 9.84 Å². The SMILES string of the molecule is Cc1nnsc1C(=O)Nc1nnc(-c2cccc(S(=O)(=O)C(C)C)c2)o1. The van der Waals surface area contributed by atoms with E-state index in [2.05, 4.69) is 25.1 Å². The lowest BCUT2D eigenvalue weighted by atomic mass is 10.2. The van der Waals surface area contributed by atoms with E-state index in [-0.39, 0.29) is 16.8 Å². The fraction of sp³-hybridized carbons (Fsp3) is 0.267. The van der Waals surface area contributed by atoms with Gasteiger partial charge in [0.15, 0.2) is 9.84 Å². The monoisotopic (exact) mass is 393 g/mol. The Kier molecular flexibility index (Phi) is 4.83. The molecule has 0 aliphatic heterocycles. The van der Waals surface area contributed by atoms with Gasteiger partial charge in [-0.3, -0.25) is 10.1 Å². The second-order valence-electron chi connectivity index (χ2n) is 5.68. The molecule has 1 aromatic carbocycles. The first-order valence-corrected chi connectivity index (χ1v) is 9.89. The predicted octanol–water partition coefficient (Wildman–Crippen LogP) is 2.33. The fourth-order valence-electron chi connectivity index (χ4n) is 2.06. The van der Waals surface area contributed by atoms with Gasteiger partial charge in [0, 0.05) is 5.56 Å². The maximum atomic E-state index is 12.3. The lowest BCUT2D eigenvalue weighted by Gasteiger charge is -2.08. The highest BCUT2D eigenvalue weighted by Crippen LogP contribution is 2.25. The van der Waals surface area contributed by atoms with Gasteiger partial charge in [0.2, 0.25) is 5.89 Å². The fourth-order valence-corrected chi connectivity index (χ4v) is 3.72. The van der Waals surface area contributed by atoms with E-state index in [1.165, 1.54) is 12.1 Å². The molecule has 0 radical (unpaired) electrons. The normalized spacial score (nSPS) is 11.7. The van der Waals surface area contributed by atoms with Gasteiger partial charge in [-0.15, -0.1) is 10.2 Å². The number of nitrogens with zero attached hydrogens (tertiary/aromatic N) is 4. The van der Waals surface area contributed by atoms with Crippen LogP contribution in [0.25, 0.3) is 11.5 Å². The smallest absolute Gasteiger partial charge is 0.322 e. The van der Waals surface area contributed by atoms with Crippen molar-refractivity contribution in [3.63, 3.8) is 0 Å². The van der Waals surface area contributed by atoms with Gasteiger partial charge in [0.1, 0.15) is 4.88 Å². The summed E-state index contributed by atoms with van der Waals surface area (Å²) in [5.41, 5.74) is 0.939. The molecule has 0 spiro atoms. The quantitative estimate of drug-likeness (QED) is 0.699. The summed E-state index contributed by atoms with van der Waals surface area (Å²) in [5.74, 6) is -0.357. The maximum Gasteiger partial charge on any atom is 0.322 e. The minimum absolute atomic E-state index is 0.0975. The zero-order valence-corrected chi connectivity index (χ0v) is 15.8. The summed E-state index contributed by atoms with van der Waals surface area (Å²) in [5, 5.41) is 13.3. The molecule has 3 aromatic rings. The first-order chi connectivity index (χ1) is 12.3. The number of carbonyl (C=O) groups is 1. The lowest BCUT2D eigenvalue weighted by Crippen LogP contribution is -2.13. The molecule has 1 N–H and O–H groups in total. The molecule has 0 bridgehead atoms. The van der Waals surface area contributed by atoms with E-state index in [1.807, 2.05) is 0 Å². The highest BCUT2D eigenvalue weighted by Gasteiger charge is 2.21. The summed E-state index contributed by atoms with van der Waals surface area (Å²) in [6.07, 6.45) is 0. The molecular weight excluding hydrogens is 378 g/mol. The molecule has 0 unspecified atom stereocenters. The van der Waals surface area contributed by atoms with Crippen molar-refractivity contribution < 1.29 is 17.6 Å². The van der Waals surface area contributed by atoms with E-state index in [4.69, 9.17) is 4.42 Å². The van der Waals surface area contributed by atoms with E-state index in [1.54, 1.807) is 32.9 Å². The van der Waals surface area contributed by atoms with Crippen LogP contribution in [0, 0.1) is 6.92 Å². The van der Waals surface area contributed by atoms with Gasteiger partial charge >= 0.3 is 6.01 Å². The Labute approximate surface area is 153 Å². The number of benzene rings is 1. The number of carbonyl (C=O) groups excluding carboxylic acids is 1. The maximum absolute atomic E-state index is 12.3. The molecule has 11 heteroatoms. The highest BCUT2D eigenvalue weighted by molar-refractivity contribution is 7.92. The molecule has 9 nitrogen and oxygen atoms in total. The zero-order valence-electron chi connectivity index (χ0n) is 14.1. The number of rotatable bonds is 5. The van der Waals surface area contributed by atoms with E-state index < -0.39 is 21.0 Å². The summed E-state index contributed by atoms with van der Waals surface area (Å²) in [4.78, 5) is 12.6. The standard InChI is InChI=1S/C15H15N5O4S2/c1-8(2)26(22,23)11-6-4-5-10(7-11)14-18-19-15(24-14)16-13(21)12-9(3)17-20-25-12/h4-8H,1-3H3,(H,16,19,21). The molecule has 0 fully saturated rings. The third kappa shape index (κ3) is 3.48. The Balaban J connectivity index is 1.84. The minimum Gasteiger partial charge on any atom is -0.403 e. The second kappa shape index (κ2) is 6.92. The summed E-state index contributed by atoms with van der Waals surface area (Å²) in [6.45, 7) is 4.88. The third-order valence-corrected chi connectivity index (χ3v) is 6.51. The van der Waals surface area contributed by atoms with Crippen LogP contribution in [-0.4, -0.2) is 39.4 Å². The average Bonchev–Trinajstić information content (AvgIpc) is 3.23. The average molecular weight is 393 g/mol. The van der Waals surface area contributed by atoms with Crippen LogP contribution < -0.4 is 5.32 Å². The van der Waals surface area contributed by atoms with Crippen molar-refractivity contribution in [2.24, 2.45) is 0 Å². The molecule has 136 valence electrons. The minimum atomic E-state index is -3.43. The molecular formula is C15H15N5O4S2. The van der Waals surface area contributed by atoms with Gasteiger partial charge in [-0.1, -0.05) is 15.7 Å². The van der Waals surface area contributed by atoms with Crippen LogP contribution in [0.3, 0.4) is 0 Å². The van der Waals surface area contributed by atoms with Crippen LogP contribution >= 0.6 is 11.5 Å². The molecule has 0 saturated carbocycles. The van der Waals surface area contributed by atoms with Gasteiger partial charge in [-0.2, -0.15) is 0 Å². The Morgan fingerprint density at radius 3 is 2.65 bits per heavy atom. The predicted molar refractivity (Wildman–Crippen MR) is 94.7 cm³/mol. The number of nitrogens with one attached hydrogen (secondary N) is 1. The first kappa shape index (κ1) is 18.1. The van der Waals surface area contributed by atoms with Crippen molar-refractivity contribution in [1.29, 1.82) is 0 Å². The summed E-state index contributed by atoms with van der Waals surface area (Å²) < 4.78 is 33.7. The Morgan fingerprint density at radius 1 is 1.23 bits per heavy atom. The van der Waals surface area contributed by atoms with Gasteiger partial charge in [-0.25, -0.2) is 8.42 Å². The zero-order chi connectivity index (χ0) is 18.9. The largest absolute Gasteiger partial charge is 0.403 e. The summed E-state index contributed by atoms with van der Waals surface area (Å²) >= 11 is 0.958. The number of aromatic nitrogens is 4. The van der Waals surface area contributed by atoms with Gasteiger partial charge < -0.3 is 4.42 Å². The van der Waals surface area contributed by atoms with Crippen molar-refractivity contribution in [2.75, 3.05) is 5.32 Å². The Morgan fingerprint density at radius 2 is 2.00 bits per heavy atom. The second-order valence-corrected chi connectivity index (χ2v) is 8.93. The first-order valence-electron chi connectivity index (χ1n) is 7.57. The molecule has 0 aliphatic carbocycles. The molecule has 0 saturated heterocycles. The molecule has 26 heavy (non-hydrogen) atoms. The van der Waals surface area contributed by atoms with Crippen molar-refractivity contribution in [3.8, 4) is 11.5 Å². The van der Waals surface area contributed by atoms with E-state index in [0.717, 1.165) is 11.5 Å². The van der Waals surface area contributed by atoms with E-state index >= 15 is 0 Å². The van der Waals surface area contributed by atoms with Gasteiger partial charge in [0.25, 0.3) is 5.91 Å². The molecule has 2 aromatic heterocycles. The Hall–Kier alpha value is -2.66. The molecule has 0 aliphatic rings. The molecule has 1 amide bonds. The van der Waals surface area contributed by atoms with Gasteiger partial charge in [0.05, 0.1) is 15.8 Å². The van der Waals surface area contributed by atoms with Crippen molar-refractivity contribution >= 4 is 33.3 Å². The topological polar surface area (TPSA) is 128 Å². The lowest BCUT2D eigenvalue weighted by molar-refractivity contribution is 0.102. The third-order valence-electron chi connectivity index (χ3n) is 3.53. The van der Waals surface area contributed by atoms with E-state index in [9.17, 15) is 13.2 Å². The number of hydrogen-bond donors (Lipinski definition) is 1. The van der Waals surface area contributed by atoms with Crippen LogP contribution in [0.2, 0.25) is 0 Å². The van der Waals surface area contributed by atoms with Crippen LogP contribution in [0.15, 0.2) is 33.6 Å². The number of sulfone groups is 1. The number of aryl methyl sites for hydroxylation is 1. The molecule has 0 atom stereocenters. The number of hydrogen-bond acceptors (Lipinski definition) is 9. The van der Waals surface area contributed by atoms with Crippen molar-refractivity contribution in [2.45, 2.75) is 30.9 Å². The summed E-state index contributed by atoms with van der Waals surface area (Å²) in [7, 11) is -3.43. The van der Waals surface area contributed by atoms with Crippen molar-refractivity contribution in [1.82, 2.24) is 19.8 Å².